The van der Waals surface area contributed by atoms with Crippen molar-refractivity contribution >= 4 is 23.4 Å². The number of carbonyl (C=O) groups excluding carboxylic acids is 1. The van der Waals surface area contributed by atoms with Crippen LogP contribution in [0.3, 0.4) is 0 Å². The maximum Gasteiger partial charge on any atom is 0.237 e. The van der Waals surface area contributed by atoms with Gasteiger partial charge in [0.2, 0.25) is 11.1 Å². The number of thioether (sulfide) groups is 1. The van der Waals surface area contributed by atoms with Crippen molar-refractivity contribution in [2.45, 2.75) is 62.3 Å². The van der Waals surface area contributed by atoms with Crippen LogP contribution >= 0.6 is 11.8 Å². The zero-order chi connectivity index (χ0) is 17.8. The molecule has 1 aromatic heterocycles. The molecule has 7 heteroatoms. The molecule has 0 radical (unpaired) electrons. The van der Waals surface area contributed by atoms with E-state index in [0.29, 0.717) is 11.1 Å². The van der Waals surface area contributed by atoms with E-state index in [1.807, 2.05) is 38.1 Å². The van der Waals surface area contributed by atoms with Crippen LogP contribution in [0.25, 0.3) is 0 Å². The summed E-state index contributed by atoms with van der Waals surface area (Å²) in [6.07, 6.45) is 5.95. The number of nitrogens with one attached hydrogen (secondary N) is 1. The third-order valence-electron chi connectivity index (χ3n) is 4.72. The molecule has 6 nitrogen and oxygen atoms in total. The smallest absolute Gasteiger partial charge is 0.237 e. The van der Waals surface area contributed by atoms with Crippen molar-refractivity contribution in [2.75, 3.05) is 11.2 Å². The van der Waals surface area contributed by atoms with Gasteiger partial charge in [0.05, 0.1) is 5.25 Å². The zero-order valence-electron chi connectivity index (χ0n) is 14.7. The lowest BCUT2D eigenvalue weighted by Crippen LogP contribution is -2.24. The molecule has 0 bridgehead atoms. The number of nitrogen functional groups attached to an aromatic ring is 1. The first-order valence-corrected chi connectivity index (χ1v) is 9.67. The third-order valence-corrected chi connectivity index (χ3v) is 5.77. The predicted molar refractivity (Wildman–Crippen MR) is 101 cm³/mol. The second-order valence-electron chi connectivity index (χ2n) is 6.61. The van der Waals surface area contributed by atoms with Gasteiger partial charge >= 0.3 is 0 Å². The molecule has 1 amide bonds. The number of hydrogen-bond acceptors (Lipinski definition) is 5. The van der Waals surface area contributed by atoms with Crippen LogP contribution in [0, 0.1) is 6.92 Å². The fourth-order valence-corrected chi connectivity index (χ4v) is 3.94. The Labute approximate surface area is 152 Å². The van der Waals surface area contributed by atoms with Gasteiger partial charge in [-0.2, -0.15) is 0 Å². The highest BCUT2D eigenvalue weighted by Gasteiger charge is 2.24. The lowest BCUT2D eigenvalue weighted by atomic mass is 9.89. The molecule has 25 heavy (non-hydrogen) atoms. The molecule has 1 aliphatic carbocycles. The van der Waals surface area contributed by atoms with Crippen LogP contribution in [0.15, 0.2) is 29.4 Å². The minimum atomic E-state index is -0.315. The third kappa shape index (κ3) is 4.15. The van der Waals surface area contributed by atoms with Crippen LogP contribution in [0.5, 0.6) is 0 Å². The number of benzene rings is 1. The minimum Gasteiger partial charge on any atom is -0.336 e. The quantitative estimate of drug-likeness (QED) is 0.631. The van der Waals surface area contributed by atoms with Crippen LogP contribution in [0.1, 0.15) is 56.3 Å². The van der Waals surface area contributed by atoms with Crippen LogP contribution in [0.4, 0.5) is 5.69 Å². The Morgan fingerprint density at radius 2 is 2.00 bits per heavy atom. The van der Waals surface area contributed by atoms with Crippen molar-refractivity contribution in [3.05, 3.63) is 35.7 Å². The first-order valence-electron chi connectivity index (χ1n) is 8.80. The van der Waals surface area contributed by atoms with Crippen LogP contribution in [0.2, 0.25) is 0 Å². The van der Waals surface area contributed by atoms with E-state index in [4.69, 9.17) is 5.84 Å². The predicted octanol–water partition coefficient (Wildman–Crippen LogP) is 3.47. The molecule has 1 heterocycles. The average molecular weight is 359 g/mol. The number of aromatic nitrogens is 3. The number of para-hydroxylation sites is 1. The largest absolute Gasteiger partial charge is 0.336 e. The van der Waals surface area contributed by atoms with E-state index in [1.54, 1.807) is 4.68 Å². The van der Waals surface area contributed by atoms with Gasteiger partial charge in [0.1, 0.15) is 0 Å². The summed E-state index contributed by atoms with van der Waals surface area (Å²) in [6.45, 7) is 3.83. The fraction of sp³-hybridized carbons (Fsp3) is 0.500. The molecule has 0 aliphatic heterocycles. The van der Waals surface area contributed by atoms with E-state index >= 15 is 0 Å². The van der Waals surface area contributed by atoms with Crippen molar-refractivity contribution < 1.29 is 4.79 Å². The monoisotopic (exact) mass is 359 g/mol. The second-order valence-corrected chi connectivity index (χ2v) is 7.92. The number of carbonyl (C=O) groups is 1. The fourth-order valence-electron chi connectivity index (χ4n) is 3.17. The highest BCUT2D eigenvalue weighted by Crippen LogP contribution is 2.33. The van der Waals surface area contributed by atoms with Gasteiger partial charge < -0.3 is 11.2 Å². The molecule has 1 atom stereocenters. The SMILES string of the molecule is Cc1ccccc1NC(=O)[C@H](C)Sc1nnc(C2CCCCC2)n1N. The molecule has 1 aliphatic rings. The van der Waals surface area contributed by atoms with Gasteiger partial charge in [0.15, 0.2) is 5.82 Å². The van der Waals surface area contributed by atoms with E-state index < -0.39 is 0 Å². The average Bonchev–Trinajstić information content (AvgIpc) is 2.98. The van der Waals surface area contributed by atoms with E-state index in [2.05, 4.69) is 15.5 Å². The summed E-state index contributed by atoms with van der Waals surface area (Å²) < 4.78 is 1.57. The Kier molecular flexibility index (Phi) is 5.63. The van der Waals surface area contributed by atoms with E-state index in [1.165, 1.54) is 31.0 Å². The van der Waals surface area contributed by atoms with Gasteiger partial charge in [-0.3, -0.25) is 4.79 Å². The Morgan fingerprint density at radius 3 is 2.72 bits per heavy atom. The molecular formula is C18H25N5OS. The Balaban J connectivity index is 1.64. The summed E-state index contributed by atoms with van der Waals surface area (Å²) in [5.74, 6) is 7.36. The Morgan fingerprint density at radius 1 is 1.28 bits per heavy atom. The summed E-state index contributed by atoms with van der Waals surface area (Å²) in [4.78, 5) is 12.5. The van der Waals surface area contributed by atoms with Crippen molar-refractivity contribution in [3.63, 3.8) is 0 Å². The van der Waals surface area contributed by atoms with Crippen LogP contribution < -0.4 is 11.2 Å². The maximum atomic E-state index is 12.5. The van der Waals surface area contributed by atoms with Crippen LogP contribution in [-0.2, 0) is 4.79 Å². The highest BCUT2D eigenvalue weighted by molar-refractivity contribution is 8.00. The van der Waals surface area contributed by atoms with Crippen molar-refractivity contribution in [2.24, 2.45) is 0 Å². The maximum absolute atomic E-state index is 12.5. The number of hydrogen-bond donors (Lipinski definition) is 2. The molecule has 1 saturated carbocycles. The molecular weight excluding hydrogens is 334 g/mol. The number of rotatable bonds is 5. The normalized spacial score (nSPS) is 16.6. The topological polar surface area (TPSA) is 85.8 Å². The molecule has 0 spiro atoms. The molecule has 0 saturated heterocycles. The van der Waals surface area contributed by atoms with Crippen LogP contribution in [-0.4, -0.2) is 26.0 Å². The zero-order valence-corrected chi connectivity index (χ0v) is 15.6. The van der Waals surface area contributed by atoms with E-state index in [0.717, 1.165) is 29.9 Å². The second kappa shape index (κ2) is 7.91. The minimum absolute atomic E-state index is 0.0680. The molecule has 1 fully saturated rings. The molecule has 0 unspecified atom stereocenters. The number of nitrogens with two attached hydrogens (primary N) is 1. The molecule has 2 aromatic rings. The van der Waals surface area contributed by atoms with Gasteiger partial charge in [0.25, 0.3) is 0 Å². The standard InChI is InChI=1S/C18H25N5OS/c1-12-8-6-7-11-15(12)20-17(24)13(2)25-18-22-21-16(23(18)19)14-9-4-3-5-10-14/h6-8,11,13-14H,3-5,9-10,19H2,1-2H3,(H,20,24)/t13-/m0/s1. The molecule has 134 valence electrons. The summed E-state index contributed by atoms with van der Waals surface area (Å²) in [5, 5.41) is 11.7. The van der Waals surface area contributed by atoms with Gasteiger partial charge in [-0.1, -0.05) is 49.2 Å². The summed E-state index contributed by atoms with van der Waals surface area (Å²) in [5.41, 5.74) is 1.87. The lowest BCUT2D eigenvalue weighted by molar-refractivity contribution is -0.115. The molecule has 3 rings (SSSR count). The van der Waals surface area contributed by atoms with Crippen molar-refractivity contribution in [3.8, 4) is 0 Å². The van der Waals surface area contributed by atoms with Gasteiger partial charge in [0, 0.05) is 11.6 Å². The van der Waals surface area contributed by atoms with Crippen molar-refractivity contribution in [1.29, 1.82) is 0 Å². The summed E-state index contributed by atoms with van der Waals surface area (Å²) in [7, 11) is 0. The van der Waals surface area contributed by atoms with Gasteiger partial charge in [-0.25, -0.2) is 4.68 Å². The summed E-state index contributed by atoms with van der Waals surface area (Å²) >= 11 is 1.34. The van der Waals surface area contributed by atoms with Crippen molar-refractivity contribution in [1.82, 2.24) is 14.9 Å². The number of aryl methyl sites for hydroxylation is 1. The van der Waals surface area contributed by atoms with Gasteiger partial charge in [-0.15, -0.1) is 10.2 Å². The first kappa shape index (κ1) is 17.8. The molecule has 3 N–H and O–H groups in total. The number of amides is 1. The number of anilines is 1. The van der Waals surface area contributed by atoms with Gasteiger partial charge in [-0.05, 0) is 38.3 Å². The highest BCUT2D eigenvalue weighted by atomic mass is 32.2. The Hall–Kier alpha value is -2.02. The first-order chi connectivity index (χ1) is 12.1. The Bertz CT molecular complexity index is 739. The number of nitrogens with zero attached hydrogens (tertiary/aromatic N) is 3. The van der Waals surface area contributed by atoms with E-state index in [9.17, 15) is 4.79 Å². The van der Waals surface area contributed by atoms with E-state index in [-0.39, 0.29) is 11.2 Å². The summed E-state index contributed by atoms with van der Waals surface area (Å²) in [6, 6.07) is 7.73. The molecule has 1 aromatic carbocycles. The lowest BCUT2D eigenvalue weighted by Gasteiger charge is -2.20.